The summed E-state index contributed by atoms with van der Waals surface area (Å²) < 4.78 is 0. The van der Waals surface area contributed by atoms with Gasteiger partial charge in [0.25, 0.3) is 0 Å². The molecule has 25 heavy (non-hydrogen) atoms. The summed E-state index contributed by atoms with van der Waals surface area (Å²) in [6, 6.07) is 5.36. The second-order valence-corrected chi connectivity index (χ2v) is 5.60. The number of rotatable bonds is 8. The van der Waals surface area contributed by atoms with E-state index < -0.39 is 23.8 Å². The number of carboxylic acids is 1. The number of benzene rings is 1. The molecule has 0 aliphatic rings. The molecule has 0 bridgehead atoms. The third-order valence-electron chi connectivity index (χ3n) is 3.45. The Hall–Kier alpha value is -2.96. The molecule has 134 valence electrons. The van der Waals surface area contributed by atoms with E-state index >= 15 is 0 Å². The van der Waals surface area contributed by atoms with Gasteiger partial charge in [0.05, 0.1) is 0 Å². The van der Waals surface area contributed by atoms with Gasteiger partial charge in [-0.1, -0.05) is 13.3 Å². The van der Waals surface area contributed by atoms with Gasteiger partial charge in [0.2, 0.25) is 11.8 Å². The normalized spacial score (nSPS) is 12.2. The maximum atomic E-state index is 12.0. The lowest BCUT2D eigenvalue weighted by Gasteiger charge is -2.13. The SMILES string of the molecule is CCCC(NC(=O)/C(C)=C\C(=O)Nc1ccc(C(C)=O)cc1)C(=O)O. The van der Waals surface area contributed by atoms with Crippen molar-refractivity contribution in [2.75, 3.05) is 5.32 Å². The van der Waals surface area contributed by atoms with Crippen LogP contribution in [-0.4, -0.2) is 34.7 Å². The van der Waals surface area contributed by atoms with Gasteiger partial charge in [-0.3, -0.25) is 14.4 Å². The fourth-order valence-electron chi connectivity index (χ4n) is 2.05. The predicted molar refractivity (Wildman–Crippen MR) is 93.3 cm³/mol. The number of hydrogen-bond acceptors (Lipinski definition) is 4. The van der Waals surface area contributed by atoms with Crippen LogP contribution in [0.3, 0.4) is 0 Å². The lowest BCUT2D eigenvalue weighted by molar-refractivity contribution is -0.141. The smallest absolute Gasteiger partial charge is 0.326 e. The van der Waals surface area contributed by atoms with Crippen LogP contribution in [0.4, 0.5) is 5.69 Å². The zero-order chi connectivity index (χ0) is 19.0. The van der Waals surface area contributed by atoms with Crippen LogP contribution in [0.5, 0.6) is 0 Å². The Morgan fingerprint density at radius 1 is 1.12 bits per heavy atom. The molecule has 7 nitrogen and oxygen atoms in total. The monoisotopic (exact) mass is 346 g/mol. The molecule has 2 amide bonds. The molecule has 0 aromatic heterocycles. The Bertz CT molecular complexity index is 692. The fourth-order valence-corrected chi connectivity index (χ4v) is 2.05. The topological polar surface area (TPSA) is 113 Å². The van der Waals surface area contributed by atoms with E-state index in [1.54, 1.807) is 24.3 Å². The first-order valence-electron chi connectivity index (χ1n) is 7.88. The predicted octanol–water partition coefficient (Wildman–Crippen LogP) is 2.14. The number of Topliss-reactive ketones (excluding diaryl/α,β-unsaturated/α-hetero) is 1. The van der Waals surface area contributed by atoms with E-state index in [-0.39, 0.29) is 11.4 Å². The molecule has 1 rings (SSSR count). The van der Waals surface area contributed by atoms with Crippen LogP contribution in [0.25, 0.3) is 0 Å². The quantitative estimate of drug-likeness (QED) is 0.493. The van der Waals surface area contributed by atoms with Crippen LogP contribution in [0.15, 0.2) is 35.9 Å². The van der Waals surface area contributed by atoms with Crippen LogP contribution < -0.4 is 10.6 Å². The molecule has 3 N–H and O–H groups in total. The lowest BCUT2D eigenvalue weighted by atomic mass is 10.1. The Labute approximate surface area is 146 Å². The lowest BCUT2D eigenvalue weighted by Crippen LogP contribution is -2.41. The van der Waals surface area contributed by atoms with Gasteiger partial charge in [-0.2, -0.15) is 0 Å². The first kappa shape index (κ1) is 20.1. The van der Waals surface area contributed by atoms with Gasteiger partial charge in [-0.15, -0.1) is 0 Å². The van der Waals surface area contributed by atoms with Gasteiger partial charge < -0.3 is 15.7 Å². The van der Waals surface area contributed by atoms with E-state index in [0.29, 0.717) is 24.1 Å². The Kier molecular flexibility index (Phi) is 7.52. The van der Waals surface area contributed by atoms with Gasteiger partial charge in [0, 0.05) is 22.9 Å². The number of carbonyl (C=O) groups excluding carboxylic acids is 3. The molecule has 1 aromatic rings. The highest BCUT2D eigenvalue weighted by Gasteiger charge is 2.19. The number of hydrogen-bond donors (Lipinski definition) is 3. The molecule has 1 atom stereocenters. The van der Waals surface area contributed by atoms with E-state index in [1.165, 1.54) is 13.8 Å². The van der Waals surface area contributed by atoms with Gasteiger partial charge in [-0.25, -0.2) is 4.79 Å². The summed E-state index contributed by atoms with van der Waals surface area (Å²) in [4.78, 5) is 46.2. The van der Waals surface area contributed by atoms with Crippen LogP contribution in [0.1, 0.15) is 44.0 Å². The van der Waals surface area contributed by atoms with Crippen molar-refractivity contribution in [3.8, 4) is 0 Å². The Morgan fingerprint density at radius 3 is 2.20 bits per heavy atom. The largest absolute Gasteiger partial charge is 0.480 e. The summed E-state index contributed by atoms with van der Waals surface area (Å²) in [5, 5.41) is 14.0. The average Bonchev–Trinajstić information content (AvgIpc) is 2.54. The highest BCUT2D eigenvalue weighted by Crippen LogP contribution is 2.10. The number of anilines is 1. The number of nitrogens with one attached hydrogen (secondary N) is 2. The van der Waals surface area contributed by atoms with Gasteiger partial charge >= 0.3 is 5.97 Å². The molecule has 0 spiro atoms. The molecule has 0 radical (unpaired) electrons. The van der Waals surface area contributed by atoms with Crippen molar-refractivity contribution >= 4 is 29.3 Å². The summed E-state index contributed by atoms with van der Waals surface area (Å²) in [6.45, 7) is 4.69. The van der Waals surface area contributed by atoms with Crippen LogP contribution >= 0.6 is 0 Å². The van der Waals surface area contributed by atoms with Crippen molar-refractivity contribution in [2.24, 2.45) is 0 Å². The standard InChI is InChI=1S/C18H22N2O5/c1-4-5-15(18(24)25)20-17(23)11(2)10-16(22)19-14-8-6-13(7-9-14)12(3)21/h6-10,15H,4-5H2,1-3H3,(H,19,22)(H,20,23)(H,24,25)/b11-10-. The molecular weight excluding hydrogens is 324 g/mol. The molecular formula is C18H22N2O5. The minimum absolute atomic E-state index is 0.0784. The maximum Gasteiger partial charge on any atom is 0.326 e. The summed E-state index contributed by atoms with van der Waals surface area (Å²) in [5.74, 6) is -2.32. The van der Waals surface area contributed by atoms with Gasteiger partial charge in [-0.05, 0) is 44.5 Å². The number of aliphatic carboxylic acids is 1. The molecule has 1 aromatic carbocycles. The van der Waals surface area contributed by atoms with Crippen molar-refractivity contribution in [1.29, 1.82) is 0 Å². The van der Waals surface area contributed by atoms with Crippen LogP contribution in [0, 0.1) is 0 Å². The van der Waals surface area contributed by atoms with E-state index in [4.69, 9.17) is 5.11 Å². The van der Waals surface area contributed by atoms with Crippen molar-refractivity contribution in [2.45, 2.75) is 39.7 Å². The Morgan fingerprint density at radius 2 is 1.72 bits per heavy atom. The first-order chi connectivity index (χ1) is 11.7. The minimum Gasteiger partial charge on any atom is -0.480 e. The third-order valence-corrected chi connectivity index (χ3v) is 3.45. The average molecular weight is 346 g/mol. The molecule has 0 aliphatic heterocycles. The van der Waals surface area contributed by atoms with Crippen LogP contribution in [-0.2, 0) is 14.4 Å². The molecule has 0 saturated carbocycles. The highest BCUT2D eigenvalue weighted by atomic mass is 16.4. The fraction of sp³-hybridized carbons (Fsp3) is 0.333. The first-order valence-corrected chi connectivity index (χ1v) is 7.88. The van der Waals surface area contributed by atoms with E-state index in [2.05, 4.69) is 10.6 Å². The molecule has 0 fully saturated rings. The second-order valence-electron chi connectivity index (χ2n) is 5.60. The van der Waals surface area contributed by atoms with E-state index in [9.17, 15) is 19.2 Å². The second kappa shape index (κ2) is 9.36. The molecule has 1 unspecified atom stereocenters. The molecule has 0 aliphatic carbocycles. The van der Waals surface area contributed by atoms with Crippen molar-refractivity contribution in [3.63, 3.8) is 0 Å². The van der Waals surface area contributed by atoms with Crippen molar-refractivity contribution in [1.82, 2.24) is 5.32 Å². The number of ketones is 1. The zero-order valence-electron chi connectivity index (χ0n) is 14.5. The summed E-state index contributed by atoms with van der Waals surface area (Å²) in [6.07, 6.45) is 2.01. The molecule has 7 heteroatoms. The molecule has 0 heterocycles. The van der Waals surface area contributed by atoms with Gasteiger partial charge in [0.1, 0.15) is 6.04 Å². The third kappa shape index (κ3) is 6.58. The minimum atomic E-state index is -1.11. The zero-order valence-corrected chi connectivity index (χ0v) is 14.5. The van der Waals surface area contributed by atoms with E-state index in [1.807, 2.05) is 6.92 Å². The summed E-state index contributed by atoms with van der Waals surface area (Å²) in [5.41, 5.74) is 1.11. The van der Waals surface area contributed by atoms with Crippen molar-refractivity contribution in [3.05, 3.63) is 41.5 Å². The highest BCUT2D eigenvalue weighted by molar-refractivity contribution is 6.06. The number of amides is 2. The summed E-state index contributed by atoms with van der Waals surface area (Å²) in [7, 11) is 0. The van der Waals surface area contributed by atoms with Gasteiger partial charge in [0.15, 0.2) is 5.78 Å². The maximum absolute atomic E-state index is 12.0. The van der Waals surface area contributed by atoms with Crippen molar-refractivity contribution < 1.29 is 24.3 Å². The Balaban J connectivity index is 2.70. The number of carbonyl (C=O) groups is 4. The van der Waals surface area contributed by atoms with Crippen LogP contribution in [0.2, 0.25) is 0 Å². The summed E-state index contributed by atoms with van der Waals surface area (Å²) >= 11 is 0. The molecule has 0 saturated heterocycles. The number of carboxylic acid groups (broad SMARTS) is 1. The van der Waals surface area contributed by atoms with E-state index in [0.717, 1.165) is 6.08 Å².